The van der Waals surface area contributed by atoms with Crippen molar-refractivity contribution in [2.45, 2.75) is 19.3 Å². The van der Waals surface area contributed by atoms with Crippen molar-refractivity contribution in [1.82, 2.24) is 0 Å². The van der Waals surface area contributed by atoms with E-state index in [1.807, 2.05) is 0 Å². The van der Waals surface area contributed by atoms with Crippen molar-refractivity contribution in [2.24, 2.45) is 0 Å². The summed E-state index contributed by atoms with van der Waals surface area (Å²) >= 11 is 0. The summed E-state index contributed by atoms with van der Waals surface area (Å²) < 4.78 is 0. The van der Waals surface area contributed by atoms with Crippen LogP contribution in [0, 0.1) is 21.4 Å². The van der Waals surface area contributed by atoms with Gasteiger partial charge in [-0.3, -0.25) is 14.9 Å². The Balaban J connectivity index is 3.40. The number of benzene rings is 1. The van der Waals surface area contributed by atoms with Crippen molar-refractivity contribution >= 4 is 12.0 Å². The van der Waals surface area contributed by atoms with Crippen LogP contribution in [0.4, 0.5) is 5.69 Å². The van der Waals surface area contributed by atoms with Gasteiger partial charge in [0.25, 0.3) is 5.69 Å². The van der Waals surface area contributed by atoms with Crippen LogP contribution in [0.2, 0.25) is 0 Å². The van der Waals surface area contributed by atoms with E-state index in [0.717, 1.165) is 0 Å². The van der Waals surface area contributed by atoms with E-state index in [2.05, 4.69) is 6.07 Å². The maximum absolute atomic E-state index is 10.7. The van der Waals surface area contributed by atoms with Crippen molar-refractivity contribution in [3.05, 3.63) is 39.4 Å². The van der Waals surface area contributed by atoms with Gasteiger partial charge in [-0.25, -0.2) is 0 Å². The van der Waals surface area contributed by atoms with Gasteiger partial charge in [0.15, 0.2) is 6.29 Å². The normalized spacial score (nSPS) is 10.6. The van der Waals surface area contributed by atoms with E-state index < -0.39 is 10.3 Å². The molecular formula is C11H10N2O3. The summed E-state index contributed by atoms with van der Waals surface area (Å²) in [5, 5.41) is 19.6. The quantitative estimate of drug-likeness (QED) is 0.442. The zero-order chi connectivity index (χ0) is 12.3. The molecule has 0 saturated carbocycles. The van der Waals surface area contributed by atoms with Gasteiger partial charge < -0.3 is 0 Å². The second-order valence-electron chi connectivity index (χ2n) is 3.89. The van der Waals surface area contributed by atoms with Gasteiger partial charge in [-0.15, -0.1) is 0 Å². The number of nitriles is 1. The first-order valence-electron chi connectivity index (χ1n) is 4.57. The van der Waals surface area contributed by atoms with Gasteiger partial charge in [-0.1, -0.05) is 6.07 Å². The molecule has 0 aliphatic carbocycles. The average molecular weight is 218 g/mol. The van der Waals surface area contributed by atoms with Crippen LogP contribution >= 0.6 is 0 Å². The molecule has 1 aromatic rings. The average Bonchev–Trinajstić information content (AvgIpc) is 2.28. The van der Waals surface area contributed by atoms with Gasteiger partial charge in [0, 0.05) is 6.07 Å². The molecule has 0 unspecified atom stereocenters. The molecule has 1 rings (SSSR count). The number of nitro benzene ring substituents is 1. The number of hydrogen-bond acceptors (Lipinski definition) is 4. The lowest BCUT2D eigenvalue weighted by molar-refractivity contribution is -0.385. The summed E-state index contributed by atoms with van der Waals surface area (Å²) in [6.07, 6.45) is 0.432. The lowest BCUT2D eigenvalue weighted by Crippen LogP contribution is -2.14. The Kier molecular flexibility index (Phi) is 3.04. The molecule has 5 heteroatoms. The molecule has 0 spiro atoms. The molecule has 0 saturated heterocycles. The van der Waals surface area contributed by atoms with Crippen molar-refractivity contribution in [3.8, 4) is 6.07 Å². The number of hydrogen-bond donors (Lipinski definition) is 0. The third kappa shape index (κ3) is 2.06. The van der Waals surface area contributed by atoms with Crippen LogP contribution in [-0.2, 0) is 5.41 Å². The Bertz CT molecular complexity index is 486. The summed E-state index contributed by atoms with van der Waals surface area (Å²) in [6.45, 7) is 3.32. The lowest BCUT2D eigenvalue weighted by Gasteiger charge is -2.15. The second kappa shape index (κ2) is 4.11. The third-order valence-electron chi connectivity index (χ3n) is 2.36. The number of nitrogens with zero attached hydrogens (tertiary/aromatic N) is 2. The number of carbonyl (C=O) groups excluding carboxylic acids is 1. The molecule has 1 aromatic carbocycles. The Morgan fingerprint density at radius 3 is 2.56 bits per heavy atom. The molecule has 82 valence electrons. The topological polar surface area (TPSA) is 84.0 Å². The van der Waals surface area contributed by atoms with Crippen LogP contribution in [0.25, 0.3) is 0 Å². The third-order valence-corrected chi connectivity index (χ3v) is 2.36. The van der Waals surface area contributed by atoms with E-state index in [1.165, 1.54) is 12.1 Å². The summed E-state index contributed by atoms with van der Waals surface area (Å²) in [6, 6.07) is 6.24. The first kappa shape index (κ1) is 11.9. The lowest BCUT2D eigenvalue weighted by atomic mass is 9.85. The van der Waals surface area contributed by atoms with Crippen molar-refractivity contribution in [3.63, 3.8) is 0 Å². The van der Waals surface area contributed by atoms with Crippen LogP contribution < -0.4 is 0 Å². The van der Waals surface area contributed by atoms with Crippen LogP contribution in [0.15, 0.2) is 18.2 Å². The maximum atomic E-state index is 10.7. The molecule has 0 aromatic heterocycles. The predicted molar refractivity (Wildman–Crippen MR) is 57.1 cm³/mol. The molecule has 0 amide bonds. The van der Waals surface area contributed by atoms with Gasteiger partial charge in [0.2, 0.25) is 0 Å². The molecule has 0 N–H and O–H groups in total. The zero-order valence-corrected chi connectivity index (χ0v) is 8.93. The Morgan fingerprint density at radius 2 is 2.12 bits per heavy atom. The van der Waals surface area contributed by atoms with E-state index in [9.17, 15) is 14.9 Å². The molecule has 16 heavy (non-hydrogen) atoms. The summed E-state index contributed by atoms with van der Waals surface area (Å²) in [5.74, 6) is 0. The first-order valence-corrected chi connectivity index (χ1v) is 4.57. The largest absolute Gasteiger partial charge is 0.298 e. The molecular weight excluding hydrogens is 208 g/mol. The van der Waals surface area contributed by atoms with Crippen molar-refractivity contribution in [1.29, 1.82) is 5.26 Å². The van der Waals surface area contributed by atoms with E-state index in [-0.39, 0.29) is 11.3 Å². The molecule has 5 nitrogen and oxygen atoms in total. The van der Waals surface area contributed by atoms with Gasteiger partial charge in [-0.05, 0) is 25.5 Å². The predicted octanol–water partition coefficient (Wildman–Crippen LogP) is 2.21. The molecule has 0 heterocycles. The van der Waals surface area contributed by atoms with E-state index in [0.29, 0.717) is 11.8 Å². The Hall–Kier alpha value is -2.22. The van der Waals surface area contributed by atoms with Crippen LogP contribution in [-0.4, -0.2) is 11.2 Å². The molecule has 0 radical (unpaired) electrons. The fourth-order valence-electron chi connectivity index (χ4n) is 1.25. The van der Waals surface area contributed by atoms with Crippen LogP contribution in [0.3, 0.4) is 0 Å². The Labute approximate surface area is 92.5 Å². The van der Waals surface area contributed by atoms with Crippen molar-refractivity contribution < 1.29 is 9.72 Å². The highest BCUT2D eigenvalue weighted by molar-refractivity contribution is 5.81. The highest BCUT2D eigenvalue weighted by Gasteiger charge is 2.24. The fraction of sp³-hybridized carbons (Fsp3) is 0.273. The molecule has 0 aliphatic heterocycles. The zero-order valence-electron chi connectivity index (χ0n) is 8.93. The SMILES string of the molecule is CC(C)(C#N)c1ccc(C=O)c([N+](=O)[O-])c1. The minimum Gasteiger partial charge on any atom is -0.298 e. The number of rotatable bonds is 3. The van der Waals surface area contributed by atoms with E-state index in [1.54, 1.807) is 19.9 Å². The maximum Gasteiger partial charge on any atom is 0.280 e. The van der Waals surface area contributed by atoms with Gasteiger partial charge in [-0.2, -0.15) is 5.26 Å². The fourth-order valence-corrected chi connectivity index (χ4v) is 1.25. The highest BCUT2D eigenvalue weighted by atomic mass is 16.6. The van der Waals surface area contributed by atoms with Crippen molar-refractivity contribution in [2.75, 3.05) is 0 Å². The standard InChI is InChI=1S/C11H10N2O3/c1-11(2,7-12)9-4-3-8(6-14)10(5-9)13(15)16/h3-6H,1-2H3. The Morgan fingerprint density at radius 1 is 1.50 bits per heavy atom. The van der Waals surface area contributed by atoms with E-state index in [4.69, 9.17) is 5.26 Å². The summed E-state index contributed by atoms with van der Waals surface area (Å²) in [7, 11) is 0. The van der Waals surface area contributed by atoms with Crippen LogP contribution in [0.5, 0.6) is 0 Å². The monoisotopic (exact) mass is 218 g/mol. The van der Waals surface area contributed by atoms with Gasteiger partial charge in [0.05, 0.1) is 22.0 Å². The number of carbonyl (C=O) groups is 1. The second-order valence-corrected chi connectivity index (χ2v) is 3.89. The number of nitro groups is 1. The van der Waals surface area contributed by atoms with E-state index >= 15 is 0 Å². The first-order chi connectivity index (χ1) is 7.42. The highest BCUT2D eigenvalue weighted by Crippen LogP contribution is 2.27. The minimum atomic E-state index is -0.813. The molecule has 0 fully saturated rings. The smallest absolute Gasteiger partial charge is 0.280 e. The molecule has 0 aliphatic rings. The number of aldehydes is 1. The molecule has 0 bridgehead atoms. The summed E-state index contributed by atoms with van der Waals surface area (Å²) in [4.78, 5) is 20.7. The van der Waals surface area contributed by atoms with Gasteiger partial charge in [0.1, 0.15) is 0 Å². The van der Waals surface area contributed by atoms with Gasteiger partial charge >= 0.3 is 0 Å². The van der Waals surface area contributed by atoms with Crippen LogP contribution in [0.1, 0.15) is 29.8 Å². The minimum absolute atomic E-state index is 0.0162. The molecule has 0 atom stereocenters. The summed E-state index contributed by atoms with van der Waals surface area (Å²) in [5.41, 5.74) is -0.544.